The van der Waals surface area contributed by atoms with Crippen molar-refractivity contribution in [2.45, 2.75) is 30.7 Å². The number of rotatable bonds is 1. The topological polar surface area (TPSA) is 83.7 Å². The summed E-state index contributed by atoms with van der Waals surface area (Å²) in [5.74, 6) is -0.612. The van der Waals surface area contributed by atoms with Crippen molar-refractivity contribution in [3.05, 3.63) is 0 Å². The molecule has 2 aliphatic rings. The Morgan fingerprint density at radius 3 is 2.41 bits per heavy atom. The van der Waals surface area contributed by atoms with Crippen LogP contribution in [0.4, 0.5) is 0 Å². The minimum Gasteiger partial charge on any atom is -0.393 e. The first-order valence-electron chi connectivity index (χ1n) is 5.62. The Hall–Kier alpha value is -0.710. The van der Waals surface area contributed by atoms with Crippen LogP contribution >= 0.6 is 0 Å². The lowest BCUT2D eigenvalue weighted by Crippen LogP contribution is -2.73. The quantitative estimate of drug-likeness (QED) is 0.637. The van der Waals surface area contributed by atoms with Gasteiger partial charge in [0.25, 0.3) is 0 Å². The summed E-state index contributed by atoms with van der Waals surface area (Å²) < 4.78 is 16.6. The zero-order chi connectivity index (χ0) is 12.6. The van der Waals surface area contributed by atoms with Crippen molar-refractivity contribution in [3.8, 4) is 6.07 Å². The first-order chi connectivity index (χ1) is 7.95. The molecule has 2 N–H and O–H groups in total. The Morgan fingerprint density at radius 2 is 1.88 bits per heavy atom. The lowest BCUT2D eigenvalue weighted by Gasteiger charge is -2.49. The summed E-state index contributed by atoms with van der Waals surface area (Å²) in [6.45, 7) is 4.75. The largest absolute Gasteiger partial charge is 0.393 e. The van der Waals surface area contributed by atoms with Gasteiger partial charge in [-0.25, -0.2) is 0 Å². The van der Waals surface area contributed by atoms with E-state index in [1.807, 2.05) is 13.8 Å². The molecule has 96 valence electrons. The van der Waals surface area contributed by atoms with Gasteiger partial charge >= 0.3 is 0 Å². The van der Waals surface area contributed by atoms with Crippen LogP contribution in [-0.2, 0) is 14.2 Å². The Bertz CT molecular complexity index is 329. The summed E-state index contributed by atoms with van der Waals surface area (Å²) in [5.41, 5.74) is -1.61. The molecule has 17 heavy (non-hydrogen) atoms. The molecular weight excluding hydrogens is 224 g/mol. The number of nitrogens with zero attached hydrogens (tertiary/aromatic N) is 1. The number of nitrogens with one attached hydrogen (secondary N) is 1. The highest BCUT2D eigenvalue weighted by atomic mass is 16.7. The summed E-state index contributed by atoms with van der Waals surface area (Å²) in [7, 11) is 0. The van der Waals surface area contributed by atoms with E-state index in [2.05, 4.69) is 11.4 Å². The molecule has 6 nitrogen and oxygen atoms in total. The molecule has 2 saturated heterocycles. The lowest BCUT2D eigenvalue weighted by molar-refractivity contribution is -0.285. The average Bonchev–Trinajstić information content (AvgIpc) is 2.34. The molecule has 6 heteroatoms. The number of morpholine rings is 1. The number of nitriles is 1. The lowest BCUT2D eigenvalue weighted by atomic mass is 9.92. The van der Waals surface area contributed by atoms with Crippen LogP contribution in [0.5, 0.6) is 0 Å². The first-order valence-corrected chi connectivity index (χ1v) is 5.62. The fraction of sp³-hybridized carbons (Fsp3) is 0.909. The second kappa shape index (κ2) is 4.19. The summed E-state index contributed by atoms with van der Waals surface area (Å²) >= 11 is 0. The van der Waals surface area contributed by atoms with E-state index in [4.69, 9.17) is 19.5 Å². The maximum Gasteiger partial charge on any atom is 0.162 e. The molecule has 0 unspecified atom stereocenters. The zero-order valence-electron chi connectivity index (χ0n) is 10.2. The van der Waals surface area contributed by atoms with Gasteiger partial charge in [0.15, 0.2) is 11.3 Å². The van der Waals surface area contributed by atoms with Gasteiger partial charge in [0.05, 0.1) is 44.6 Å². The van der Waals surface area contributed by atoms with Crippen molar-refractivity contribution < 1.29 is 19.3 Å². The van der Waals surface area contributed by atoms with E-state index in [1.54, 1.807) is 0 Å². The fourth-order valence-corrected chi connectivity index (χ4v) is 2.04. The predicted molar refractivity (Wildman–Crippen MR) is 58.1 cm³/mol. The molecule has 0 aromatic carbocycles. The molecule has 2 aliphatic heterocycles. The number of hydrogen-bond acceptors (Lipinski definition) is 6. The Balaban J connectivity index is 2.10. The molecule has 2 rings (SSSR count). The predicted octanol–water partition coefficient (Wildman–Crippen LogP) is -0.617. The molecule has 0 bridgehead atoms. The van der Waals surface area contributed by atoms with E-state index in [9.17, 15) is 5.11 Å². The number of hydrogen-bond donors (Lipinski definition) is 2. The molecule has 0 amide bonds. The van der Waals surface area contributed by atoms with Crippen molar-refractivity contribution in [2.75, 3.05) is 33.0 Å². The SMILES string of the molecule is CC1(C)OCC2(COC[C@](C#N)(CO)N2)CO1. The molecule has 0 aromatic rings. The molecular formula is C11H18N2O4. The Labute approximate surface area is 100 Å². The Morgan fingerprint density at radius 1 is 1.24 bits per heavy atom. The first kappa shape index (κ1) is 12.7. The van der Waals surface area contributed by atoms with Gasteiger partial charge in [-0.15, -0.1) is 0 Å². The fourth-order valence-electron chi connectivity index (χ4n) is 2.04. The maximum atomic E-state index is 9.31. The highest BCUT2D eigenvalue weighted by Crippen LogP contribution is 2.28. The molecule has 0 aromatic heterocycles. The van der Waals surface area contributed by atoms with Gasteiger partial charge in [-0.2, -0.15) is 5.26 Å². The normalized spacial score (nSPS) is 35.4. The number of ether oxygens (including phenoxy) is 3. The third kappa shape index (κ3) is 2.44. The average molecular weight is 242 g/mol. The highest BCUT2D eigenvalue weighted by Gasteiger charge is 2.49. The molecule has 1 spiro atoms. The Kier molecular flexibility index (Phi) is 3.14. The summed E-state index contributed by atoms with van der Waals surface area (Å²) in [4.78, 5) is 0. The van der Waals surface area contributed by atoms with Gasteiger partial charge < -0.3 is 19.3 Å². The van der Waals surface area contributed by atoms with Gasteiger partial charge in [-0.05, 0) is 13.8 Å². The second-order valence-corrected chi connectivity index (χ2v) is 5.23. The molecule has 0 radical (unpaired) electrons. The van der Waals surface area contributed by atoms with Gasteiger partial charge in [0.1, 0.15) is 0 Å². The van der Waals surface area contributed by atoms with Crippen molar-refractivity contribution in [2.24, 2.45) is 0 Å². The van der Waals surface area contributed by atoms with Gasteiger partial charge in [0, 0.05) is 0 Å². The highest BCUT2D eigenvalue weighted by molar-refractivity contribution is 5.14. The van der Waals surface area contributed by atoms with E-state index in [1.165, 1.54) is 0 Å². The van der Waals surface area contributed by atoms with Crippen molar-refractivity contribution in [1.29, 1.82) is 5.26 Å². The van der Waals surface area contributed by atoms with Crippen LogP contribution in [0.1, 0.15) is 13.8 Å². The summed E-state index contributed by atoms with van der Waals surface area (Å²) in [5, 5.41) is 21.6. The van der Waals surface area contributed by atoms with E-state index in [-0.39, 0.29) is 13.2 Å². The second-order valence-electron chi connectivity index (χ2n) is 5.23. The molecule has 2 heterocycles. The van der Waals surface area contributed by atoms with Crippen LogP contribution in [0.25, 0.3) is 0 Å². The molecule has 2 fully saturated rings. The van der Waals surface area contributed by atoms with Crippen LogP contribution in [-0.4, -0.2) is 55.0 Å². The van der Waals surface area contributed by atoms with E-state index in [0.29, 0.717) is 19.8 Å². The van der Waals surface area contributed by atoms with Gasteiger partial charge in [-0.1, -0.05) is 0 Å². The van der Waals surface area contributed by atoms with E-state index >= 15 is 0 Å². The van der Waals surface area contributed by atoms with Crippen LogP contribution < -0.4 is 5.32 Å². The number of aliphatic hydroxyl groups is 1. The maximum absolute atomic E-state index is 9.31. The summed E-state index contributed by atoms with van der Waals surface area (Å²) in [6.07, 6.45) is 0. The van der Waals surface area contributed by atoms with Crippen LogP contribution in [0, 0.1) is 11.3 Å². The van der Waals surface area contributed by atoms with Crippen LogP contribution in [0.3, 0.4) is 0 Å². The van der Waals surface area contributed by atoms with Crippen LogP contribution in [0.2, 0.25) is 0 Å². The molecule has 0 aliphatic carbocycles. The third-order valence-corrected chi connectivity index (χ3v) is 3.11. The monoisotopic (exact) mass is 242 g/mol. The van der Waals surface area contributed by atoms with Gasteiger partial charge in [0.2, 0.25) is 0 Å². The number of aliphatic hydroxyl groups excluding tert-OH is 1. The zero-order valence-corrected chi connectivity index (χ0v) is 10.2. The minimum absolute atomic E-state index is 0.172. The summed E-state index contributed by atoms with van der Waals surface area (Å²) in [6, 6.07) is 2.06. The van der Waals surface area contributed by atoms with Gasteiger partial charge in [-0.3, -0.25) is 5.32 Å². The van der Waals surface area contributed by atoms with Crippen molar-refractivity contribution in [3.63, 3.8) is 0 Å². The minimum atomic E-state index is -1.06. The molecule has 1 atom stereocenters. The third-order valence-electron chi connectivity index (χ3n) is 3.11. The van der Waals surface area contributed by atoms with E-state index in [0.717, 1.165) is 0 Å². The van der Waals surface area contributed by atoms with Crippen molar-refractivity contribution >= 4 is 0 Å². The van der Waals surface area contributed by atoms with Crippen LogP contribution in [0.15, 0.2) is 0 Å². The smallest absolute Gasteiger partial charge is 0.162 e. The molecule has 0 saturated carbocycles. The van der Waals surface area contributed by atoms with Crippen molar-refractivity contribution in [1.82, 2.24) is 5.32 Å². The van der Waals surface area contributed by atoms with E-state index < -0.39 is 16.9 Å². The standard InChI is InChI=1S/C11H18N2O4/c1-9(2)16-7-11(8-17-9)6-15-5-10(3-12,4-14)13-11/h13-14H,4-8H2,1-2H3/t10-/m0/s1.